The molecule has 2 fully saturated rings. The van der Waals surface area contributed by atoms with Crippen molar-refractivity contribution in [1.29, 1.82) is 0 Å². The molecule has 4 rings (SSSR count). The Labute approximate surface area is 180 Å². The van der Waals surface area contributed by atoms with Crippen LogP contribution in [0, 0.1) is 12.7 Å². The van der Waals surface area contributed by atoms with Gasteiger partial charge in [0, 0.05) is 5.57 Å². The Hall–Kier alpha value is -3.03. The average Bonchev–Trinajstić information content (AvgIpc) is 3.03. The van der Waals surface area contributed by atoms with Crippen LogP contribution in [0.15, 0.2) is 54.1 Å². The van der Waals surface area contributed by atoms with Gasteiger partial charge in [-0.2, -0.15) is 0 Å². The number of nitrogens with zero attached hydrogens (tertiary/aromatic N) is 1. The van der Waals surface area contributed by atoms with Crippen LogP contribution in [-0.2, 0) is 14.3 Å². The van der Waals surface area contributed by atoms with Gasteiger partial charge in [-0.25, -0.2) is 4.39 Å². The first-order valence-corrected chi connectivity index (χ1v) is 10.5. The number of hydrogen-bond donors (Lipinski definition) is 1. The van der Waals surface area contributed by atoms with Crippen molar-refractivity contribution in [3.63, 3.8) is 0 Å². The van der Waals surface area contributed by atoms with Crippen LogP contribution in [0.5, 0.6) is 0 Å². The highest BCUT2D eigenvalue weighted by molar-refractivity contribution is 6.46. The van der Waals surface area contributed by atoms with E-state index in [4.69, 9.17) is 4.74 Å². The number of quaternary nitrogens is 1. The van der Waals surface area contributed by atoms with E-state index < -0.39 is 29.3 Å². The Bertz CT molecular complexity index is 1010. The zero-order valence-corrected chi connectivity index (χ0v) is 17.4. The molecule has 2 aliphatic rings. The van der Waals surface area contributed by atoms with E-state index in [1.165, 1.54) is 28.0 Å². The zero-order chi connectivity index (χ0) is 22.0. The number of rotatable bonds is 5. The molecule has 1 amide bonds. The zero-order valence-electron chi connectivity index (χ0n) is 17.4. The van der Waals surface area contributed by atoms with Crippen molar-refractivity contribution >= 4 is 17.4 Å². The van der Waals surface area contributed by atoms with E-state index in [0.29, 0.717) is 37.4 Å². The van der Waals surface area contributed by atoms with Crippen molar-refractivity contribution in [3.8, 4) is 0 Å². The summed E-state index contributed by atoms with van der Waals surface area (Å²) in [6.07, 6.45) is 0. The quantitative estimate of drug-likeness (QED) is 0.425. The van der Waals surface area contributed by atoms with Crippen LogP contribution in [0.3, 0.4) is 0 Å². The molecule has 1 unspecified atom stereocenters. The molecule has 2 aliphatic heterocycles. The minimum absolute atomic E-state index is 0.114. The molecule has 2 saturated heterocycles. The molecule has 0 spiro atoms. The number of likely N-dealkylation sites (tertiary alicyclic amines) is 1. The number of ether oxygens (including phenoxy) is 1. The molecular formula is C24H25FN2O4. The number of amides is 1. The Balaban J connectivity index is 1.73. The molecule has 0 bridgehead atoms. The van der Waals surface area contributed by atoms with Crippen LogP contribution >= 0.6 is 0 Å². The molecule has 2 aromatic carbocycles. The van der Waals surface area contributed by atoms with E-state index in [1.807, 2.05) is 6.92 Å². The predicted molar refractivity (Wildman–Crippen MR) is 110 cm³/mol. The monoisotopic (exact) mass is 424 g/mol. The fourth-order valence-corrected chi connectivity index (χ4v) is 4.17. The summed E-state index contributed by atoms with van der Waals surface area (Å²) in [5.74, 6) is -2.49. The van der Waals surface area contributed by atoms with Crippen LogP contribution in [0.2, 0.25) is 0 Å². The second-order valence-corrected chi connectivity index (χ2v) is 8.01. The van der Waals surface area contributed by atoms with Gasteiger partial charge in [0.2, 0.25) is 5.78 Å². The van der Waals surface area contributed by atoms with E-state index in [-0.39, 0.29) is 5.57 Å². The molecule has 0 aliphatic carbocycles. The average molecular weight is 424 g/mol. The third-order valence-corrected chi connectivity index (χ3v) is 5.91. The second kappa shape index (κ2) is 8.99. The fourth-order valence-electron chi connectivity index (χ4n) is 4.17. The van der Waals surface area contributed by atoms with Gasteiger partial charge in [0.1, 0.15) is 18.9 Å². The normalized spacial score (nSPS) is 21.6. The van der Waals surface area contributed by atoms with Gasteiger partial charge in [0.05, 0.1) is 32.3 Å². The standard InChI is InChI=1S/C24H25FN2O4/c1-16-5-7-17(8-6-16)22(28)20-21(18-3-2-4-19(25)15-18)27(24(30)23(20)29)10-9-26-11-13-31-14-12-26/h2-8,15,21,28H,9-14H2,1H3/b22-20+. The molecule has 0 radical (unpaired) electrons. The van der Waals surface area contributed by atoms with Crippen LogP contribution < -0.4 is 10.0 Å². The summed E-state index contributed by atoms with van der Waals surface area (Å²) in [4.78, 5) is 28.6. The van der Waals surface area contributed by atoms with E-state index in [2.05, 4.69) is 0 Å². The fraction of sp³-hybridized carbons (Fsp3) is 0.333. The number of halogens is 1. The third-order valence-electron chi connectivity index (χ3n) is 5.91. The number of Topliss-reactive ketones (excluding diaryl/α,β-unsaturated/α-hetero) is 1. The Morgan fingerprint density at radius 1 is 1.16 bits per heavy atom. The largest absolute Gasteiger partial charge is 0.872 e. The minimum atomic E-state index is -0.898. The SMILES string of the molecule is Cc1ccc(/C([O-])=C2\C(=O)C(=O)N(CC[NH+]3CCOCC3)C2c2cccc(F)c2)cc1. The lowest BCUT2D eigenvalue weighted by Gasteiger charge is -2.30. The van der Waals surface area contributed by atoms with Gasteiger partial charge in [0.25, 0.3) is 5.91 Å². The minimum Gasteiger partial charge on any atom is -0.872 e. The van der Waals surface area contributed by atoms with Crippen LogP contribution in [-0.4, -0.2) is 56.0 Å². The van der Waals surface area contributed by atoms with Crippen LogP contribution in [0.4, 0.5) is 4.39 Å². The number of aryl methyl sites for hydroxylation is 1. The predicted octanol–water partition coefficient (Wildman–Crippen LogP) is 0.273. The lowest BCUT2D eigenvalue weighted by atomic mass is 9.95. The summed E-state index contributed by atoms with van der Waals surface area (Å²) in [5.41, 5.74) is 1.62. The lowest BCUT2D eigenvalue weighted by Crippen LogP contribution is -3.14. The maximum atomic E-state index is 14.0. The highest BCUT2D eigenvalue weighted by Crippen LogP contribution is 2.38. The summed E-state index contributed by atoms with van der Waals surface area (Å²) in [6, 6.07) is 11.7. The number of morpholine rings is 1. The summed E-state index contributed by atoms with van der Waals surface area (Å²) in [7, 11) is 0. The molecule has 1 atom stereocenters. The van der Waals surface area contributed by atoms with E-state index in [9.17, 15) is 19.1 Å². The molecule has 2 aromatic rings. The number of nitrogens with one attached hydrogen (secondary N) is 1. The molecule has 7 heteroatoms. The molecule has 162 valence electrons. The van der Waals surface area contributed by atoms with Gasteiger partial charge >= 0.3 is 0 Å². The van der Waals surface area contributed by atoms with Gasteiger partial charge in [-0.15, -0.1) is 0 Å². The molecule has 6 nitrogen and oxygen atoms in total. The number of carbonyl (C=O) groups excluding carboxylic acids is 2. The maximum Gasteiger partial charge on any atom is 0.295 e. The Morgan fingerprint density at radius 2 is 1.87 bits per heavy atom. The van der Waals surface area contributed by atoms with Gasteiger partial charge < -0.3 is 19.6 Å². The molecular weight excluding hydrogens is 399 g/mol. The highest BCUT2D eigenvalue weighted by atomic mass is 19.1. The summed E-state index contributed by atoms with van der Waals surface area (Å²) < 4.78 is 19.4. The van der Waals surface area contributed by atoms with Crippen molar-refractivity contribution in [1.82, 2.24) is 4.90 Å². The molecule has 1 N–H and O–H groups in total. The van der Waals surface area contributed by atoms with Gasteiger partial charge in [-0.1, -0.05) is 47.7 Å². The van der Waals surface area contributed by atoms with Gasteiger partial charge in [-0.05, 0) is 30.2 Å². The van der Waals surface area contributed by atoms with Crippen molar-refractivity contribution < 1.29 is 28.7 Å². The maximum absolute atomic E-state index is 14.0. The lowest BCUT2D eigenvalue weighted by molar-refractivity contribution is -0.907. The second-order valence-electron chi connectivity index (χ2n) is 8.01. The van der Waals surface area contributed by atoms with E-state index in [0.717, 1.165) is 18.7 Å². The topological polar surface area (TPSA) is 74.1 Å². The summed E-state index contributed by atoms with van der Waals surface area (Å²) in [5, 5.41) is 13.3. The van der Waals surface area contributed by atoms with Crippen molar-refractivity contribution in [2.24, 2.45) is 0 Å². The van der Waals surface area contributed by atoms with E-state index in [1.54, 1.807) is 30.3 Å². The molecule has 2 heterocycles. The number of benzene rings is 2. The smallest absolute Gasteiger partial charge is 0.295 e. The first-order valence-electron chi connectivity index (χ1n) is 10.5. The highest BCUT2D eigenvalue weighted by Gasteiger charge is 2.44. The van der Waals surface area contributed by atoms with Crippen molar-refractivity contribution in [3.05, 3.63) is 76.6 Å². The number of ketones is 1. The van der Waals surface area contributed by atoms with Crippen molar-refractivity contribution in [2.75, 3.05) is 39.4 Å². The third kappa shape index (κ3) is 4.38. The Morgan fingerprint density at radius 3 is 2.55 bits per heavy atom. The first kappa shape index (κ1) is 21.2. The van der Waals surface area contributed by atoms with Gasteiger partial charge in [0.15, 0.2) is 0 Å². The summed E-state index contributed by atoms with van der Waals surface area (Å²) >= 11 is 0. The Kier molecular flexibility index (Phi) is 6.15. The summed E-state index contributed by atoms with van der Waals surface area (Å²) in [6.45, 7) is 5.76. The molecule has 0 aromatic heterocycles. The van der Waals surface area contributed by atoms with Crippen LogP contribution in [0.25, 0.3) is 5.76 Å². The van der Waals surface area contributed by atoms with Crippen molar-refractivity contribution in [2.45, 2.75) is 13.0 Å². The van der Waals surface area contributed by atoms with Gasteiger partial charge in [-0.3, -0.25) is 9.59 Å². The first-order chi connectivity index (χ1) is 15.0. The molecule has 31 heavy (non-hydrogen) atoms. The number of hydrogen-bond acceptors (Lipinski definition) is 4. The number of carbonyl (C=O) groups is 2. The van der Waals surface area contributed by atoms with Crippen LogP contribution in [0.1, 0.15) is 22.7 Å². The molecule has 0 saturated carbocycles. The van der Waals surface area contributed by atoms with E-state index >= 15 is 0 Å².